The summed E-state index contributed by atoms with van der Waals surface area (Å²) in [6, 6.07) is 6.11. The van der Waals surface area contributed by atoms with Gasteiger partial charge in [0.2, 0.25) is 5.91 Å². The number of halogens is 1. The van der Waals surface area contributed by atoms with Gasteiger partial charge in [-0.3, -0.25) is 4.79 Å². The van der Waals surface area contributed by atoms with Gasteiger partial charge < -0.3 is 11.1 Å². The molecule has 3 nitrogen and oxygen atoms in total. The van der Waals surface area contributed by atoms with Gasteiger partial charge in [0.05, 0.1) is 11.6 Å². The Bertz CT molecular complexity index is 379. The summed E-state index contributed by atoms with van der Waals surface area (Å²) in [5.41, 5.74) is 5.77. The molecule has 4 heteroatoms. The maximum Gasteiger partial charge on any atom is 0.228 e. The van der Waals surface area contributed by atoms with E-state index in [0.29, 0.717) is 12.3 Å². The van der Waals surface area contributed by atoms with Gasteiger partial charge in [0, 0.05) is 6.54 Å². The van der Waals surface area contributed by atoms with Crippen LogP contribution in [0.25, 0.3) is 0 Å². The maximum absolute atomic E-state index is 13.3. The number of anilines is 1. The number of hydrogen-bond donors (Lipinski definition) is 2. The predicted molar refractivity (Wildman–Crippen MR) is 67.0 cm³/mol. The monoisotopic (exact) mass is 238 g/mol. The third-order valence-electron chi connectivity index (χ3n) is 2.54. The van der Waals surface area contributed by atoms with Crippen molar-refractivity contribution >= 4 is 11.6 Å². The van der Waals surface area contributed by atoms with E-state index in [-0.39, 0.29) is 24.1 Å². The summed E-state index contributed by atoms with van der Waals surface area (Å²) in [5, 5.41) is 2.57. The lowest BCUT2D eigenvalue weighted by molar-refractivity contribution is -0.120. The summed E-state index contributed by atoms with van der Waals surface area (Å²) in [7, 11) is 0. The molecular weight excluding hydrogens is 219 g/mol. The number of hydrogen-bond acceptors (Lipinski definition) is 2. The van der Waals surface area contributed by atoms with Gasteiger partial charge in [0.25, 0.3) is 0 Å². The molecule has 0 aliphatic rings. The molecule has 0 fully saturated rings. The Balaban J connectivity index is 2.67. The van der Waals surface area contributed by atoms with Gasteiger partial charge in [-0.2, -0.15) is 0 Å². The zero-order valence-electron chi connectivity index (χ0n) is 10.2. The van der Waals surface area contributed by atoms with E-state index in [4.69, 9.17) is 5.73 Å². The molecule has 1 atom stereocenters. The van der Waals surface area contributed by atoms with Crippen LogP contribution in [-0.4, -0.2) is 12.5 Å². The number of carbonyl (C=O) groups excluding carboxylic acids is 1. The van der Waals surface area contributed by atoms with Gasteiger partial charge >= 0.3 is 0 Å². The maximum atomic E-state index is 13.3. The van der Waals surface area contributed by atoms with Crippen molar-refractivity contribution in [3.8, 4) is 0 Å². The van der Waals surface area contributed by atoms with Gasteiger partial charge in [0.15, 0.2) is 0 Å². The van der Waals surface area contributed by atoms with Crippen LogP contribution in [0, 0.1) is 17.7 Å². The first-order valence-corrected chi connectivity index (χ1v) is 5.80. The topological polar surface area (TPSA) is 55.1 Å². The normalized spacial score (nSPS) is 12.5. The van der Waals surface area contributed by atoms with Gasteiger partial charge in [-0.15, -0.1) is 0 Å². The molecule has 0 saturated carbocycles. The molecule has 1 unspecified atom stereocenters. The third-order valence-corrected chi connectivity index (χ3v) is 2.54. The third kappa shape index (κ3) is 4.15. The molecule has 1 amide bonds. The number of nitrogens with two attached hydrogens (primary N) is 1. The second-order valence-corrected chi connectivity index (χ2v) is 4.53. The Morgan fingerprint density at radius 3 is 2.59 bits per heavy atom. The van der Waals surface area contributed by atoms with Crippen molar-refractivity contribution in [2.24, 2.45) is 17.6 Å². The first-order chi connectivity index (χ1) is 8.04. The Morgan fingerprint density at radius 2 is 2.06 bits per heavy atom. The van der Waals surface area contributed by atoms with E-state index in [9.17, 15) is 9.18 Å². The zero-order chi connectivity index (χ0) is 12.8. The van der Waals surface area contributed by atoms with Gasteiger partial charge in [0.1, 0.15) is 5.82 Å². The zero-order valence-corrected chi connectivity index (χ0v) is 10.2. The quantitative estimate of drug-likeness (QED) is 0.827. The molecule has 0 radical (unpaired) electrons. The number of para-hydroxylation sites is 1. The van der Waals surface area contributed by atoms with Crippen LogP contribution in [0.2, 0.25) is 0 Å². The number of carbonyl (C=O) groups is 1. The smallest absolute Gasteiger partial charge is 0.228 e. The predicted octanol–water partition coefficient (Wildman–Crippen LogP) is 2.39. The lowest BCUT2D eigenvalue weighted by Crippen LogP contribution is -2.30. The van der Waals surface area contributed by atoms with E-state index in [1.807, 2.05) is 13.8 Å². The lowest BCUT2D eigenvalue weighted by atomic mass is 9.96. The molecule has 0 bridgehead atoms. The van der Waals surface area contributed by atoms with Crippen molar-refractivity contribution in [3.63, 3.8) is 0 Å². The number of nitrogens with one attached hydrogen (secondary N) is 1. The fourth-order valence-electron chi connectivity index (χ4n) is 1.68. The molecular formula is C13H19FN2O. The van der Waals surface area contributed by atoms with Crippen molar-refractivity contribution in [3.05, 3.63) is 30.1 Å². The fourth-order valence-corrected chi connectivity index (χ4v) is 1.68. The molecule has 1 rings (SSSR count). The summed E-state index contributed by atoms with van der Waals surface area (Å²) >= 11 is 0. The Morgan fingerprint density at radius 1 is 1.41 bits per heavy atom. The standard InChI is InChI=1S/C13H19FN2O/c1-9(2)7-10(8-15)13(17)16-12-6-4-3-5-11(12)14/h3-6,9-10H,7-8,15H2,1-2H3,(H,16,17). The minimum Gasteiger partial charge on any atom is -0.330 e. The molecule has 1 aromatic rings. The average Bonchev–Trinajstić information content (AvgIpc) is 2.28. The van der Waals surface area contributed by atoms with Crippen molar-refractivity contribution in [1.82, 2.24) is 0 Å². The van der Waals surface area contributed by atoms with Crippen molar-refractivity contribution in [2.75, 3.05) is 11.9 Å². The summed E-state index contributed by atoms with van der Waals surface area (Å²) in [5.74, 6) is -0.531. The molecule has 0 aliphatic carbocycles. The van der Waals surface area contributed by atoms with Crippen LogP contribution in [0.5, 0.6) is 0 Å². The highest BCUT2D eigenvalue weighted by Crippen LogP contribution is 2.16. The van der Waals surface area contributed by atoms with Crippen molar-refractivity contribution in [1.29, 1.82) is 0 Å². The first kappa shape index (κ1) is 13.6. The van der Waals surface area contributed by atoms with E-state index < -0.39 is 5.82 Å². The van der Waals surface area contributed by atoms with Crippen LogP contribution in [0.15, 0.2) is 24.3 Å². The summed E-state index contributed by atoms with van der Waals surface area (Å²) in [6.45, 7) is 4.33. The van der Waals surface area contributed by atoms with Crippen LogP contribution >= 0.6 is 0 Å². The minimum absolute atomic E-state index is 0.208. The van der Waals surface area contributed by atoms with E-state index >= 15 is 0 Å². The molecule has 17 heavy (non-hydrogen) atoms. The largest absolute Gasteiger partial charge is 0.330 e. The van der Waals surface area contributed by atoms with Crippen LogP contribution < -0.4 is 11.1 Å². The SMILES string of the molecule is CC(C)CC(CN)C(=O)Nc1ccccc1F. The fraction of sp³-hybridized carbons (Fsp3) is 0.462. The minimum atomic E-state index is -0.429. The number of amides is 1. The summed E-state index contributed by atoms with van der Waals surface area (Å²) in [4.78, 5) is 11.9. The average molecular weight is 238 g/mol. The molecule has 1 aromatic carbocycles. The van der Waals surface area contributed by atoms with Crippen LogP contribution in [0.3, 0.4) is 0 Å². The Hall–Kier alpha value is -1.42. The molecule has 0 heterocycles. The van der Waals surface area contributed by atoms with E-state index in [2.05, 4.69) is 5.32 Å². The van der Waals surface area contributed by atoms with E-state index in [1.165, 1.54) is 12.1 Å². The van der Waals surface area contributed by atoms with Gasteiger partial charge in [-0.25, -0.2) is 4.39 Å². The highest BCUT2D eigenvalue weighted by Gasteiger charge is 2.19. The Kier molecular flexibility index (Phi) is 5.10. The number of benzene rings is 1. The second kappa shape index (κ2) is 6.35. The molecule has 0 spiro atoms. The molecule has 0 aromatic heterocycles. The van der Waals surface area contributed by atoms with E-state index in [0.717, 1.165) is 0 Å². The molecule has 94 valence electrons. The molecule has 0 saturated heterocycles. The summed E-state index contributed by atoms with van der Waals surface area (Å²) < 4.78 is 13.3. The highest BCUT2D eigenvalue weighted by atomic mass is 19.1. The van der Waals surface area contributed by atoms with Gasteiger partial charge in [-0.05, 0) is 24.5 Å². The van der Waals surface area contributed by atoms with Crippen molar-refractivity contribution < 1.29 is 9.18 Å². The molecule has 3 N–H and O–H groups in total. The first-order valence-electron chi connectivity index (χ1n) is 5.80. The van der Waals surface area contributed by atoms with Crippen LogP contribution in [0.4, 0.5) is 10.1 Å². The van der Waals surface area contributed by atoms with Crippen LogP contribution in [-0.2, 0) is 4.79 Å². The van der Waals surface area contributed by atoms with Crippen molar-refractivity contribution in [2.45, 2.75) is 20.3 Å². The lowest BCUT2D eigenvalue weighted by Gasteiger charge is -2.16. The Labute approximate surface area is 101 Å². The summed E-state index contributed by atoms with van der Waals surface area (Å²) in [6.07, 6.45) is 0.705. The van der Waals surface area contributed by atoms with Gasteiger partial charge in [-0.1, -0.05) is 26.0 Å². The number of rotatable bonds is 5. The second-order valence-electron chi connectivity index (χ2n) is 4.53. The molecule has 0 aliphatic heterocycles. The van der Waals surface area contributed by atoms with E-state index in [1.54, 1.807) is 12.1 Å². The van der Waals surface area contributed by atoms with Crippen LogP contribution in [0.1, 0.15) is 20.3 Å². The highest BCUT2D eigenvalue weighted by molar-refractivity contribution is 5.92.